The van der Waals surface area contributed by atoms with Crippen LogP contribution in [-0.2, 0) is 5.41 Å². The molecular weight excluding hydrogens is 352 g/mol. The fourth-order valence-corrected chi connectivity index (χ4v) is 5.36. The van der Waals surface area contributed by atoms with Crippen LogP contribution >= 0.6 is 0 Å². The highest BCUT2D eigenvalue weighted by Gasteiger charge is 2.53. The van der Waals surface area contributed by atoms with Crippen LogP contribution in [0, 0.1) is 27.7 Å². The van der Waals surface area contributed by atoms with E-state index in [1.807, 2.05) is 12.4 Å². The third kappa shape index (κ3) is 1.96. The lowest BCUT2D eigenvalue weighted by Gasteiger charge is -2.30. The van der Waals surface area contributed by atoms with E-state index in [9.17, 15) is 0 Å². The average Bonchev–Trinajstić information content (AvgIpc) is 3.13. The summed E-state index contributed by atoms with van der Waals surface area (Å²) in [6.45, 7) is 8.63. The predicted octanol–water partition coefficient (Wildman–Crippen LogP) is 6.05. The summed E-state index contributed by atoms with van der Waals surface area (Å²) in [6.07, 6.45) is 3.93. The molecule has 2 aromatic carbocycles. The summed E-state index contributed by atoms with van der Waals surface area (Å²) in [5.41, 5.74) is 14.5. The van der Waals surface area contributed by atoms with Gasteiger partial charge >= 0.3 is 0 Å². The number of benzene rings is 2. The van der Waals surface area contributed by atoms with Crippen LogP contribution in [0.5, 0.6) is 0 Å². The third-order valence-corrected chi connectivity index (χ3v) is 6.53. The fourth-order valence-electron chi connectivity index (χ4n) is 5.36. The highest BCUT2D eigenvalue weighted by atomic mass is 14.8. The zero-order valence-corrected chi connectivity index (χ0v) is 17.2. The predicted molar refractivity (Wildman–Crippen MR) is 117 cm³/mol. The summed E-state index contributed by atoms with van der Waals surface area (Å²) in [7, 11) is 0. The van der Waals surface area contributed by atoms with E-state index in [0.717, 1.165) is 11.4 Å². The molecule has 2 aromatic heterocycles. The Kier molecular flexibility index (Phi) is 3.11. The van der Waals surface area contributed by atoms with Crippen LogP contribution in [-0.4, -0.2) is 9.97 Å². The Bertz CT molecular complexity index is 1140. The zero-order chi connectivity index (χ0) is 19.9. The van der Waals surface area contributed by atoms with Crippen LogP contribution in [0.1, 0.15) is 44.5 Å². The molecule has 6 rings (SSSR count). The van der Waals surface area contributed by atoms with Gasteiger partial charge in [0.25, 0.3) is 0 Å². The summed E-state index contributed by atoms with van der Waals surface area (Å²) >= 11 is 0. The maximum absolute atomic E-state index is 4.88. The van der Waals surface area contributed by atoms with E-state index in [1.165, 1.54) is 55.6 Å². The molecule has 140 valence electrons. The Balaban J connectivity index is 1.88. The standard InChI is InChI=1S/C27H22N2/c1-15-5-7-19-20-8-6-16(2)10-22(20)27(21(19)9-15)23-11-17(3)13-28-25(23)26-24(27)12-18(4)14-29-26/h5-14H,1-4H3. The van der Waals surface area contributed by atoms with Crippen molar-refractivity contribution in [3.63, 3.8) is 0 Å². The van der Waals surface area contributed by atoms with E-state index in [2.05, 4.69) is 76.2 Å². The normalized spacial score (nSPS) is 14.5. The molecule has 0 radical (unpaired) electrons. The number of pyridine rings is 2. The first-order valence-electron chi connectivity index (χ1n) is 10.2. The van der Waals surface area contributed by atoms with Gasteiger partial charge in [0.05, 0.1) is 16.8 Å². The molecular formula is C27H22N2. The van der Waals surface area contributed by atoms with Crippen molar-refractivity contribution in [2.24, 2.45) is 0 Å². The Morgan fingerprint density at radius 1 is 0.517 bits per heavy atom. The quantitative estimate of drug-likeness (QED) is 0.323. The first-order valence-corrected chi connectivity index (χ1v) is 10.2. The van der Waals surface area contributed by atoms with Gasteiger partial charge in [0.15, 0.2) is 0 Å². The van der Waals surface area contributed by atoms with Crippen molar-refractivity contribution in [2.75, 3.05) is 0 Å². The summed E-state index contributed by atoms with van der Waals surface area (Å²) < 4.78 is 0. The van der Waals surface area contributed by atoms with Gasteiger partial charge in [-0.25, -0.2) is 0 Å². The average molecular weight is 374 g/mol. The van der Waals surface area contributed by atoms with Gasteiger partial charge in [-0.05, 0) is 72.2 Å². The van der Waals surface area contributed by atoms with Crippen LogP contribution < -0.4 is 0 Å². The lowest BCUT2D eigenvalue weighted by molar-refractivity contribution is 0.784. The van der Waals surface area contributed by atoms with Crippen LogP contribution in [0.25, 0.3) is 22.5 Å². The minimum atomic E-state index is -0.342. The second-order valence-corrected chi connectivity index (χ2v) is 8.67. The highest BCUT2D eigenvalue weighted by Crippen LogP contribution is 2.62. The lowest BCUT2D eigenvalue weighted by Crippen LogP contribution is -2.26. The first-order chi connectivity index (χ1) is 14.0. The van der Waals surface area contributed by atoms with Crippen molar-refractivity contribution >= 4 is 0 Å². The molecule has 0 unspecified atom stereocenters. The van der Waals surface area contributed by atoms with Gasteiger partial charge in [-0.15, -0.1) is 0 Å². The van der Waals surface area contributed by atoms with Crippen molar-refractivity contribution in [1.82, 2.24) is 9.97 Å². The molecule has 0 aliphatic heterocycles. The Labute approximate surface area is 171 Å². The van der Waals surface area contributed by atoms with E-state index in [4.69, 9.17) is 9.97 Å². The fraction of sp³-hybridized carbons (Fsp3) is 0.185. The van der Waals surface area contributed by atoms with Crippen LogP contribution in [0.4, 0.5) is 0 Å². The molecule has 0 bridgehead atoms. The van der Waals surface area contributed by atoms with Gasteiger partial charge in [-0.3, -0.25) is 9.97 Å². The molecule has 2 heteroatoms. The number of hydrogen-bond donors (Lipinski definition) is 0. The molecule has 2 heterocycles. The van der Waals surface area contributed by atoms with Crippen molar-refractivity contribution in [3.8, 4) is 22.5 Å². The minimum absolute atomic E-state index is 0.342. The summed E-state index contributed by atoms with van der Waals surface area (Å²) in [5.74, 6) is 0. The molecule has 0 saturated carbocycles. The van der Waals surface area contributed by atoms with Crippen LogP contribution in [0.2, 0.25) is 0 Å². The van der Waals surface area contributed by atoms with Gasteiger partial charge in [-0.1, -0.05) is 59.7 Å². The van der Waals surface area contributed by atoms with E-state index < -0.39 is 0 Å². The Morgan fingerprint density at radius 3 is 1.38 bits per heavy atom. The third-order valence-electron chi connectivity index (χ3n) is 6.53. The number of fused-ring (bicyclic) bond motifs is 10. The topological polar surface area (TPSA) is 25.8 Å². The summed E-state index contributed by atoms with van der Waals surface area (Å²) in [6, 6.07) is 18.4. The lowest BCUT2D eigenvalue weighted by atomic mass is 9.70. The van der Waals surface area contributed by atoms with Crippen LogP contribution in [0.15, 0.2) is 60.9 Å². The number of nitrogens with zero attached hydrogens (tertiary/aromatic N) is 2. The zero-order valence-electron chi connectivity index (χ0n) is 17.2. The summed E-state index contributed by atoms with van der Waals surface area (Å²) in [4.78, 5) is 9.75. The highest BCUT2D eigenvalue weighted by molar-refractivity contribution is 5.93. The van der Waals surface area contributed by atoms with Crippen LogP contribution in [0.3, 0.4) is 0 Å². The number of aromatic nitrogens is 2. The molecule has 2 aliphatic rings. The van der Waals surface area contributed by atoms with Crippen molar-refractivity contribution < 1.29 is 0 Å². The van der Waals surface area contributed by atoms with Gasteiger partial charge in [0.1, 0.15) is 0 Å². The minimum Gasteiger partial charge on any atom is -0.254 e. The summed E-state index contributed by atoms with van der Waals surface area (Å²) in [5, 5.41) is 0. The molecule has 1 spiro atoms. The van der Waals surface area contributed by atoms with Gasteiger partial charge in [0, 0.05) is 12.4 Å². The smallest absolute Gasteiger partial charge is 0.0937 e. The van der Waals surface area contributed by atoms with Gasteiger partial charge in [0.2, 0.25) is 0 Å². The molecule has 0 amide bonds. The van der Waals surface area contributed by atoms with Crippen molar-refractivity contribution in [3.05, 3.63) is 105 Å². The van der Waals surface area contributed by atoms with Crippen molar-refractivity contribution in [2.45, 2.75) is 33.1 Å². The molecule has 4 aromatic rings. The number of rotatable bonds is 0. The maximum atomic E-state index is 4.88. The van der Waals surface area contributed by atoms with Gasteiger partial charge in [-0.2, -0.15) is 0 Å². The molecule has 2 nitrogen and oxygen atoms in total. The monoisotopic (exact) mass is 374 g/mol. The Hall–Kier alpha value is -3.26. The molecule has 0 saturated heterocycles. The molecule has 0 N–H and O–H groups in total. The Morgan fingerprint density at radius 2 is 0.931 bits per heavy atom. The number of aryl methyl sites for hydroxylation is 4. The van der Waals surface area contributed by atoms with E-state index in [1.54, 1.807) is 0 Å². The molecule has 0 atom stereocenters. The first kappa shape index (κ1) is 16.7. The molecule has 0 fully saturated rings. The van der Waals surface area contributed by atoms with Crippen molar-refractivity contribution in [1.29, 1.82) is 0 Å². The van der Waals surface area contributed by atoms with Gasteiger partial charge < -0.3 is 0 Å². The second-order valence-electron chi connectivity index (χ2n) is 8.67. The van der Waals surface area contributed by atoms with E-state index in [0.29, 0.717) is 0 Å². The molecule has 29 heavy (non-hydrogen) atoms. The largest absolute Gasteiger partial charge is 0.254 e. The SMILES string of the molecule is Cc1ccc2c(c1)C1(c3cc(C)ccc3-2)c2cc(C)cnc2-c2ncc(C)cc21. The number of hydrogen-bond acceptors (Lipinski definition) is 2. The van der Waals surface area contributed by atoms with E-state index in [-0.39, 0.29) is 5.41 Å². The van der Waals surface area contributed by atoms with E-state index >= 15 is 0 Å². The second kappa shape index (κ2) is 5.42. The maximum Gasteiger partial charge on any atom is 0.0937 e. The molecule has 2 aliphatic carbocycles.